The molecule has 0 saturated carbocycles. The van der Waals surface area contributed by atoms with Crippen LogP contribution in [-0.4, -0.2) is 15.8 Å². The van der Waals surface area contributed by atoms with Crippen molar-refractivity contribution in [1.82, 2.24) is 4.98 Å². The number of amides is 1. The maximum absolute atomic E-state index is 12.6. The summed E-state index contributed by atoms with van der Waals surface area (Å²) in [5.74, 6) is 0.0265. The number of benzene rings is 3. The molecule has 1 aromatic heterocycles. The molecular weight excluding hydrogens is 370 g/mol. The summed E-state index contributed by atoms with van der Waals surface area (Å²) in [7, 11) is 0. The molecule has 1 amide bonds. The number of rotatable bonds is 4. The van der Waals surface area contributed by atoms with Crippen molar-refractivity contribution in [3.63, 3.8) is 0 Å². The van der Waals surface area contributed by atoms with E-state index in [0.29, 0.717) is 17.2 Å². The Balaban J connectivity index is 1.65. The highest BCUT2D eigenvalue weighted by atomic mass is 16.6. The zero-order chi connectivity index (χ0) is 20.5. The number of nitrogens with zero attached hydrogens (tertiary/aromatic N) is 2. The van der Waals surface area contributed by atoms with Crippen molar-refractivity contribution in [2.45, 2.75) is 13.8 Å². The summed E-state index contributed by atoms with van der Waals surface area (Å²) in [6.45, 7) is 3.85. The van der Waals surface area contributed by atoms with Gasteiger partial charge < -0.3 is 9.73 Å². The first-order valence-corrected chi connectivity index (χ1v) is 8.95. The lowest BCUT2D eigenvalue weighted by Gasteiger charge is -2.09. The summed E-state index contributed by atoms with van der Waals surface area (Å²) < 4.78 is 5.84. The lowest BCUT2D eigenvalue weighted by molar-refractivity contribution is -0.384. The number of anilines is 1. The van der Waals surface area contributed by atoms with E-state index in [1.54, 1.807) is 6.07 Å². The van der Waals surface area contributed by atoms with E-state index in [0.717, 1.165) is 22.2 Å². The fourth-order valence-electron chi connectivity index (χ4n) is 3.01. The molecule has 0 unspecified atom stereocenters. The van der Waals surface area contributed by atoms with Crippen LogP contribution in [0.4, 0.5) is 11.4 Å². The Morgan fingerprint density at radius 3 is 2.69 bits per heavy atom. The normalized spacial score (nSPS) is 10.8. The first-order chi connectivity index (χ1) is 13.9. The van der Waals surface area contributed by atoms with Gasteiger partial charge in [0.15, 0.2) is 5.58 Å². The molecule has 0 atom stereocenters. The number of carbonyl (C=O) groups excluding carboxylic acids is 1. The predicted octanol–water partition coefficient (Wildman–Crippen LogP) is 5.27. The Hall–Kier alpha value is -4.00. The average Bonchev–Trinajstić information content (AvgIpc) is 3.12. The van der Waals surface area contributed by atoms with Gasteiger partial charge in [0, 0.05) is 28.9 Å². The van der Waals surface area contributed by atoms with E-state index >= 15 is 0 Å². The molecule has 144 valence electrons. The van der Waals surface area contributed by atoms with E-state index < -0.39 is 10.8 Å². The van der Waals surface area contributed by atoms with E-state index in [2.05, 4.69) is 10.3 Å². The summed E-state index contributed by atoms with van der Waals surface area (Å²) in [4.78, 5) is 27.5. The zero-order valence-corrected chi connectivity index (χ0v) is 15.8. The van der Waals surface area contributed by atoms with Crippen molar-refractivity contribution in [3.05, 3.63) is 87.5 Å². The molecule has 1 heterocycles. The van der Waals surface area contributed by atoms with Crippen molar-refractivity contribution in [3.8, 4) is 11.5 Å². The molecule has 1 N–H and O–H groups in total. The summed E-state index contributed by atoms with van der Waals surface area (Å²) in [6, 6.07) is 16.9. The molecule has 0 aliphatic heterocycles. The maximum Gasteiger partial charge on any atom is 0.270 e. The standard InChI is InChI=1S/C22H17N3O4/c1-13-6-9-20-19(10-13)24-22(29-20)16-8-7-14(2)18(12-16)23-21(26)15-4-3-5-17(11-15)25(27)28/h3-12H,1-2H3,(H,23,26). The Kier molecular flexibility index (Phi) is 4.56. The number of aromatic nitrogens is 1. The van der Waals surface area contributed by atoms with Crippen LogP contribution in [0.5, 0.6) is 0 Å². The molecule has 0 spiro atoms. The number of aryl methyl sites for hydroxylation is 2. The molecule has 3 aromatic carbocycles. The smallest absolute Gasteiger partial charge is 0.270 e. The zero-order valence-electron chi connectivity index (χ0n) is 15.8. The number of nitro benzene ring substituents is 1. The fraction of sp³-hybridized carbons (Fsp3) is 0.0909. The Morgan fingerprint density at radius 2 is 1.90 bits per heavy atom. The van der Waals surface area contributed by atoms with Gasteiger partial charge in [-0.05, 0) is 55.3 Å². The van der Waals surface area contributed by atoms with Gasteiger partial charge >= 0.3 is 0 Å². The number of nitro groups is 1. The third kappa shape index (κ3) is 3.70. The minimum atomic E-state index is -0.530. The molecule has 7 heteroatoms. The fourth-order valence-corrected chi connectivity index (χ4v) is 3.01. The predicted molar refractivity (Wildman–Crippen MR) is 110 cm³/mol. The van der Waals surface area contributed by atoms with Crippen LogP contribution >= 0.6 is 0 Å². The molecule has 0 aliphatic rings. The van der Waals surface area contributed by atoms with Crippen molar-refractivity contribution in [1.29, 1.82) is 0 Å². The van der Waals surface area contributed by atoms with Crippen molar-refractivity contribution in [2.24, 2.45) is 0 Å². The Bertz CT molecular complexity index is 1260. The van der Waals surface area contributed by atoms with E-state index in [1.807, 2.05) is 44.2 Å². The SMILES string of the molecule is Cc1ccc2oc(-c3ccc(C)c(NC(=O)c4cccc([N+](=O)[O-])c4)c3)nc2c1. The van der Waals surface area contributed by atoms with Gasteiger partial charge in [0.05, 0.1) is 4.92 Å². The molecule has 0 aliphatic carbocycles. The molecule has 29 heavy (non-hydrogen) atoms. The summed E-state index contributed by atoms with van der Waals surface area (Å²) in [5, 5.41) is 13.8. The number of oxazole rings is 1. The van der Waals surface area contributed by atoms with Crippen LogP contribution in [0.15, 0.2) is 65.1 Å². The van der Waals surface area contributed by atoms with Crippen LogP contribution in [0.3, 0.4) is 0 Å². The van der Waals surface area contributed by atoms with Gasteiger partial charge in [0.1, 0.15) is 5.52 Å². The molecule has 7 nitrogen and oxygen atoms in total. The lowest BCUT2D eigenvalue weighted by atomic mass is 10.1. The molecule has 4 aromatic rings. The van der Waals surface area contributed by atoms with Crippen LogP contribution in [0.2, 0.25) is 0 Å². The number of fused-ring (bicyclic) bond motifs is 1. The minimum Gasteiger partial charge on any atom is -0.436 e. The van der Waals surface area contributed by atoms with E-state index in [9.17, 15) is 14.9 Å². The van der Waals surface area contributed by atoms with Crippen molar-refractivity contribution in [2.75, 3.05) is 5.32 Å². The molecular formula is C22H17N3O4. The largest absolute Gasteiger partial charge is 0.436 e. The number of nitrogens with one attached hydrogen (secondary N) is 1. The Morgan fingerprint density at radius 1 is 1.07 bits per heavy atom. The number of carbonyl (C=O) groups is 1. The van der Waals surface area contributed by atoms with Crippen LogP contribution in [-0.2, 0) is 0 Å². The number of non-ortho nitro benzene ring substituents is 1. The van der Waals surface area contributed by atoms with Crippen LogP contribution in [0.1, 0.15) is 21.5 Å². The van der Waals surface area contributed by atoms with Gasteiger partial charge in [-0.3, -0.25) is 14.9 Å². The third-order valence-electron chi connectivity index (χ3n) is 4.59. The van der Waals surface area contributed by atoms with Crippen LogP contribution < -0.4 is 5.32 Å². The van der Waals surface area contributed by atoms with Gasteiger partial charge in [-0.25, -0.2) is 4.98 Å². The summed E-state index contributed by atoms with van der Waals surface area (Å²) >= 11 is 0. The molecule has 4 rings (SSSR count). The average molecular weight is 387 g/mol. The van der Waals surface area contributed by atoms with Gasteiger partial charge in [0.25, 0.3) is 11.6 Å². The quantitative estimate of drug-likeness (QED) is 0.380. The molecule has 0 saturated heterocycles. The third-order valence-corrected chi connectivity index (χ3v) is 4.59. The first-order valence-electron chi connectivity index (χ1n) is 8.95. The van der Waals surface area contributed by atoms with E-state index in [-0.39, 0.29) is 11.3 Å². The highest BCUT2D eigenvalue weighted by molar-refractivity contribution is 6.05. The highest BCUT2D eigenvalue weighted by Crippen LogP contribution is 2.28. The van der Waals surface area contributed by atoms with Crippen LogP contribution in [0.25, 0.3) is 22.6 Å². The molecule has 0 radical (unpaired) electrons. The van der Waals surface area contributed by atoms with E-state index in [1.165, 1.54) is 24.3 Å². The van der Waals surface area contributed by atoms with Gasteiger partial charge in [-0.1, -0.05) is 18.2 Å². The van der Waals surface area contributed by atoms with Crippen LogP contribution in [0, 0.1) is 24.0 Å². The number of hydrogen-bond acceptors (Lipinski definition) is 5. The van der Waals surface area contributed by atoms with Gasteiger partial charge in [0.2, 0.25) is 5.89 Å². The number of hydrogen-bond donors (Lipinski definition) is 1. The van der Waals surface area contributed by atoms with Crippen molar-refractivity contribution >= 4 is 28.4 Å². The monoisotopic (exact) mass is 387 g/mol. The topological polar surface area (TPSA) is 98.3 Å². The second-order valence-corrected chi connectivity index (χ2v) is 6.78. The highest BCUT2D eigenvalue weighted by Gasteiger charge is 2.14. The maximum atomic E-state index is 12.6. The second kappa shape index (κ2) is 7.20. The molecule has 0 fully saturated rings. The van der Waals surface area contributed by atoms with E-state index in [4.69, 9.17) is 4.42 Å². The second-order valence-electron chi connectivity index (χ2n) is 6.78. The summed E-state index contributed by atoms with van der Waals surface area (Å²) in [5.41, 5.74) is 4.77. The Labute approximate surface area is 166 Å². The lowest BCUT2D eigenvalue weighted by Crippen LogP contribution is -2.13. The minimum absolute atomic E-state index is 0.134. The molecule has 0 bridgehead atoms. The van der Waals surface area contributed by atoms with Gasteiger partial charge in [-0.15, -0.1) is 0 Å². The first kappa shape index (κ1) is 18.4. The summed E-state index contributed by atoms with van der Waals surface area (Å²) in [6.07, 6.45) is 0. The van der Waals surface area contributed by atoms with Gasteiger partial charge in [-0.2, -0.15) is 0 Å². The van der Waals surface area contributed by atoms with Crippen molar-refractivity contribution < 1.29 is 14.1 Å².